The smallest absolute Gasteiger partial charge is 0.256 e. The van der Waals surface area contributed by atoms with E-state index in [2.05, 4.69) is 16.2 Å². The van der Waals surface area contributed by atoms with Crippen molar-refractivity contribution >= 4 is 5.91 Å². The fourth-order valence-corrected chi connectivity index (χ4v) is 1.26. The molecule has 1 amide bonds. The van der Waals surface area contributed by atoms with E-state index in [1.165, 1.54) is 18.3 Å². The first-order chi connectivity index (χ1) is 7.69. The zero-order valence-corrected chi connectivity index (χ0v) is 9.03. The Morgan fingerprint density at radius 1 is 1.75 bits per heavy atom. The number of pyridine rings is 1. The van der Waals surface area contributed by atoms with Gasteiger partial charge in [0.1, 0.15) is 0 Å². The van der Waals surface area contributed by atoms with Crippen LogP contribution in [0.1, 0.15) is 30.1 Å². The number of carbonyl (C=O) groups excluding carboxylic acids is 1. The lowest BCUT2D eigenvalue weighted by molar-refractivity contribution is 0.0931. The van der Waals surface area contributed by atoms with Crippen LogP contribution in [-0.2, 0) is 0 Å². The van der Waals surface area contributed by atoms with Crippen molar-refractivity contribution in [2.24, 2.45) is 0 Å². The van der Waals surface area contributed by atoms with E-state index in [0.29, 0.717) is 12.8 Å². The Bertz CT molecular complexity index is 412. The molecule has 1 unspecified atom stereocenters. The molecule has 0 aliphatic carbocycles. The number of terminal acetylenes is 1. The largest absolute Gasteiger partial charge is 0.348 e. The molecule has 0 fully saturated rings. The van der Waals surface area contributed by atoms with Gasteiger partial charge in [0.25, 0.3) is 5.91 Å². The Morgan fingerprint density at radius 2 is 2.50 bits per heavy atom. The van der Waals surface area contributed by atoms with Crippen LogP contribution in [0.25, 0.3) is 0 Å². The van der Waals surface area contributed by atoms with Gasteiger partial charge in [-0.15, -0.1) is 12.3 Å². The Balaban J connectivity index is 2.73. The van der Waals surface area contributed by atoms with Crippen molar-refractivity contribution in [2.75, 3.05) is 0 Å². The van der Waals surface area contributed by atoms with Crippen LogP contribution in [0.4, 0.5) is 4.39 Å². The van der Waals surface area contributed by atoms with Gasteiger partial charge in [-0.2, -0.15) is 4.39 Å². The van der Waals surface area contributed by atoms with E-state index in [-0.39, 0.29) is 11.6 Å². The minimum atomic E-state index is -0.768. The molecule has 16 heavy (non-hydrogen) atoms. The van der Waals surface area contributed by atoms with Crippen LogP contribution in [0.5, 0.6) is 0 Å². The van der Waals surface area contributed by atoms with Crippen molar-refractivity contribution in [1.82, 2.24) is 10.3 Å². The average Bonchev–Trinajstić information content (AvgIpc) is 2.28. The van der Waals surface area contributed by atoms with E-state index in [9.17, 15) is 9.18 Å². The SMILES string of the molecule is C#CCC(CC)NC(=O)c1cccnc1F. The average molecular weight is 220 g/mol. The molecule has 1 aromatic heterocycles. The molecule has 1 N–H and O–H groups in total. The van der Waals surface area contributed by atoms with Crippen LogP contribution in [0.15, 0.2) is 18.3 Å². The minimum absolute atomic E-state index is 0.0574. The Morgan fingerprint density at radius 3 is 3.06 bits per heavy atom. The van der Waals surface area contributed by atoms with E-state index >= 15 is 0 Å². The predicted octanol–water partition coefficient (Wildman–Crippen LogP) is 1.75. The summed E-state index contributed by atoms with van der Waals surface area (Å²) in [5.74, 6) is 1.22. The topological polar surface area (TPSA) is 42.0 Å². The van der Waals surface area contributed by atoms with Gasteiger partial charge in [0.2, 0.25) is 5.95 Å². The zero-order valence-electron chi connectivity index (χ0n) is 9.03. The molecule has 0 saturated heterocycles. The maximum Gasteiger partial charge on any atom is 0.256 e. The van der Waals surface area contributed by atoms with Gasteiger partial charge in [0.05, 0.1) is 5.56 Å². The fraction of sp³-hybridized carbons (Fsp3) is 0.333. The van der Waals surface area contributed by atoms with Crippen LogP contribution in [-0.4, -0.2) is 16.9 Å². The second-order valence-corrected chi connectivity index (χ2v) is 3.33. The third-order valence-electron chi connectivity index (χ3n) is 2.20. The molecule has 3 nitrogen and oxygen atoms in total. The van der Waals surface area contributed by atoms with Crippen molar-refractivity contribution in [3.8, 4) is 12.3 Å². The highest BCUT2D eigenvalue weighted by Crippen LogP contribution is 2.05. The summed E-state index contributed by atoms with van der Waals surface area (Å²) in [7, 11) is 0. The van der Waals surface area contributed by atoms with Crippen LogP contribution in [0.2, 0.25) is 0 Å². The monoisotopic (exact) mass is 220 g/mol. The number of amides is 1. The summed E-state index contributed by atoms with van der Waals surface area (Å²) in [5, 5.41) is 2.66. The Hall–Kier alpha value is -1.89. The predicted molar refractivity (Wildman–Crippen MR) is 59.2 cm³/mol. The number of hydrogen-bond donors (Lipinski definition) is 1. The van der Waals surface area contributed by atoms with Gasteiger partial charge < -0.3 is 5.32 Å². The number of halogens is 1. The van der Waals surface area contributed by atoms with Crippen molar-refractivity contribution in [2.45, 2.75) is 25.8 Å². The van der Waals surface area contributed by atoms with Gasteiger partial charge in [-0.3, -0.25) is 4.79 Å². The summed E-state index contributed by atoms with van der Waals surface area (Å²) in [6.45, 7) is 1.90. The molecule has 0 aromatic carbocycles. The minimum Gasteiger partial charge on any atom is -0.348 e. The van der Waals surface area contributed by atoms with Gasteiger partial charge in [0.15, 0.2) is 0 Å². The molecular formula is C12H13FN2O. The first-order valence-electron chi connectivity index (χ1n) is 5.03. The summed E-state index contributed by atoms with van der Waals surface area (Å²) < 4.78 is 13.2. The molecule has 0 radical (unpaired) electrons. The number of rotatable bonds is 4. The van der Waals surface area contributed by atoms with Gasteiger partial charge in [-0.25, -0.2) is 4.98 Å². The molecule has 1 aromatic rings. The molecule has 0 aliphatic heterocycles. The number of carbonyl (C=O) groups is 1. The molecule has 84 valence electrons. The number of hydrogen-bond acceptors (Lipinski definition) is 2. The van der Waals surface area contributed by atoms with Crippen LogP contribution >= 0.6 is 0 Å². The first kappa shape index (κ1) is 12.2. The standard InChI is InChI=1S/C12H13FN2O/c1-3-6-9(4-2)15-12(16)10-7-5-8-14-11(10)13/h1,5,7-9H,4,6H2,2H3,(H,15,16). The zero-order chi connectivity index (χ0) is 12.0. The van der Waals surface area contributed by atoms with Gasteiger partial charge in [0, 0.05) is 18.7 Å². The molecule has 1 heterocycles. The number of aromatic nitrogens is 1. The highest BCUT2D eigenvalue weighted by Gasteiger charge is 2.15. The van der Waals surface area contributed by atoms with Crippen molar-refractivity contribution in [3.63, 3.8) is 0 Å². The normalized spacial score (nSPS) is 11.6. The molecule has 1 rings (SSSR count). The molecule has 4 heteroatoms. The van der Waals surface area contributed by atoms with Gasteiger partial charge >= 0.3 is 0 Å². The molecule has 0 bridgehead atoms. The van der Waals surface area contributed by atoms with Crippen LogP contribution in [0, 0.1) is 18.3 Å². The second kappa shape index (κ2) is 5.86. The first-order valence-corrected chi connectivity index (χ1v) is 5.03. The highest BCUT2D eigenvalue weighted by molar-refractivity contribution is 5.94. The number of nitrogens with zero attached hydrogens (tertiary/aromatic N) is 1. The van der Waals surface area contributed by atoms with Crippen LogP contribution in [0.3, 0.4) is 0 Å². The fourth-order valence-electron chi connectivity index (χ4n) is 1.26. The quantitative estimate of drug-likeness (QED) is 0.620. The van der Waals surface area contributed by atoms with Crippen molar-refractivity contribution < 1.29 is 9.18 Å². The lowest BCUT2D eigenvalue weighted by atomic mass is 10.1. The van der Waals surface area contributed by atoms with E-state index in [4.69, 9.17) is 6.42 Å². The molecule has 0 spiro atoms. The maximum atomic E-state index is 13.2. The Labute approximate surface area is 94.1 Å². The summed E-state index contributed by atoms with van der Waals surface area (Å²) in [5.41, 5.74) is -0.0574. The summed E-state index contributed by atoms with van der Waals surface area (Å²) in [6.07, 6.45) is 7.60. The third-order valence-corrected chi connectivity index (χ3v) is 2.20. The van der Waals surface area contributed by atoms with E-state index in [1.807, 2.05) is 6.92 Å². The van der Waals surface area contributed by atoms with E-state index in [1.54, 1.807) is 0 Å². The molecule has 0 saturated carbocycles. The Kier molecular flexibility index (Phi) is 4.46. The van der Waals surface area contributed by atoms with Crippen molar-refractivity contribution in [3.05, 3.63) is 29.8 Å². The molecule has 0 aliphatic rings. The highest BCUT2D eigenvalue weighted by atomic mass is 19.1. The second-order valence-electron chi connectivity index (χ2n) is 3.33. The van der Waals surface area contributed by atoms with Gasteiger partial charge in [-0.1, -0.05) is 6.92 Å². The maximum absolute atomic E-state index is 13.2. The molecular weight excluding hydrogens is 207 g/mol. The van der Waals surface area contributed by atoms with Crippen molar-refractivity contribution in [1.29, 1.82) is 0 Å². The summed E-state index contributed by atoms with van der Waals surface area (Å²) >= 11 is 0. The third kappa shape index (κ3) is 3.06. The van der Waals surface area contributed by atoms with Crippen LogP contribution < -0.4 is 5.32 Å². The number of nitrogens with one attached hydrogen (secondary N) is 1. The molecule has 1 atom stereocenters. The van der Waals surface area contributed by atoms with E-state index in [0.717, 1.165) is 0 Å². The van der Waals surface area contributed by atoms with Gasteiger partial charge in [-0.05, 0) is 18.6 Å². The lowest BCUT2D eigenvalue weighted by Gasteiger charge is -2.14. The van der Waals surface area contributed by atoms with E-state index < -0.39 is 11.9 Å². The lowest BCUT2D eigenvalue weighted by Crippen LogP contribution is -2.34. The summed E-state index contributed by atoms with van der Waals surface area (Å²) in [6, 6.07) is 2.78. The summed E-state index contributed by atoms with van der Waals surface area (Å²) in [4.78, 5) is 15.1.